The van der Waals surface area contributed by atoms with Gasteiger partial charge in [0.15, 0.2) is 0 Å². The molecule has 0 aliphatic heterocycles. The maximum Gasteiger partial charge on any atom is 0.230 e. The molecule has 0 bridgehead atoms. The number of nitrogens with one attached hydrogen (secondary N) is 1. The van der Waals surface area contributed by atoms with Gasteiger partial charge >= 0.3 is 0 Å². The van der Waals surface area contributed by atoms with Gasteiger partial charge in [0.25, 0.3) is 0 Å². The second-order valence-corrected chi connectivity index (χ2v) is 5.37. The van der Waals surface area contributed by atoms with Gasteiger partial charge in [-0.3, -0.25) is 4.79 Å². The lowest BCUT2D eigenvalue weighted by molar-refractivity contribution is -0.118. The smallest absolute Gasteiger partial charge is 0.230 e. The van der Waals surface area contributed by atoms with Gasteiger partial charge in [-0.1, -0.05) is 61.0 Å². The summed E-state index contributed by atoms with van der Waals surface area (Å²) >= 11 is 0. The van der Waals surface area contributed by atoms with Crippen LogP contribution in [-0.2, 0) is 4.79 Å². The number of carbonyl (C=O) groups excluding carboxylic acids is 1. The SMILES string of the molecule is C=CC.C=CC(C)C(=O)Nc1cccc(-c2cccc(C)c2)c1. The molecular formula is C21H25NO. The zero-order valence-corrected chi connectivity index (χ0v) is 14.2. The maximum absolute atomic E-state index is 11.9. The molecule has 0 saturated carbocycles. The molecule has 0 fully saturated rings. The van der Waals surface area contributed by atoms with Crippen molar-refractivity contribution >= 4 is 11.6 Å². The van der Waals surface area contributed by atoms with Crippen LogP contribution < -0.4 is 5.32 Å². The predicted molar refractivity (Wildman–Crippen MR) is 100 cm³/mol. The van der Waals surface area contributed by atoms with E-state index in [4.69, 9.17) is 0 Å². The van der Waals surface area contributed by atoms with Crippen molar-refractivity contribution < 1.29 is 4.79 Å². The molecule has 1 unspecified atom stereocenters. The number of benzene rings is 2. The third-order valence-electron chi connectivity index (χ3n) is 3.25. The van der Waals surface area contributed by atoms with Crippen LogP contribution in [0.4, 0.5) is 5.69 Å². The topological polar surface area (TPSA) is 29.1 Å². The van der Waals surface area contributed by atoms with Crippen LogP contribution in [0.3, 0.4) is 0 Å². The Labute approximate surface area is 139 Å². The Morgan fingerprint density at radius 3 is 2.22 bits per heavy atom. The van der Waals surface area contributed by atoms with Crippen LogP contribution in [0.2, 0.25) is 0 Å². The highest BCUT2D eigenvalue weighted by Gasteiger charge is 2.09. The Morgan fingerprint density at radius 1 is 1.09 bits per heavy atom. The summed E-state index contributed by atoms with van der Waals surface area (Å²) in [5.41, 5.74) is 4.27. The van der Waals surface area contributed by atoms with E-state index in [0.29, 0.717) is 0 Å². The second kappa shape index (κ2) is 9.42. The number of amides is 1. The van der Waals surface area contributed by atoms with Crippen molar-refractivity contribution in [2.75, 3.05) is 5.32 Å². The number of hydrogen-bond acceptors (Lipinski definition) is 1. The number of carbonyl (C=O) groups is 1. The third kappa shape index (κ3) is 5.95. The average molecular weight is 307 g/mol. The Morgan fingerprint density at radius 2 is 1.65 bits per heavy atom. The predicted octanol–water partition coefficient (Wildman–Crippen LogP) is 5.61. The van der Waals surface area contributed by atoms with Crippen molar-refractivity contribution in [1.82, 2.24) is 0 Å². The number of anilines is 1. The maximum atomic E-state index is 11.9. The largest absolute Gasteiger partial charge is 0.326 e. The second-order valence-electron chi connectivity index (χ2n) is 5.37. The van der Waals surface area contributed by atoms with Gasteiger partial charge in [0, 0.05) is 5.69 Å². The number of rotatable bonds is 4. The molecular weight excluding hydrogens is 282 g/mol. The van der Waals surface area contributed by atoms with E-state index in [1.54, 1.807) is 12.2 Å². The summed E-state index contributed by atoms with van der Waals surface area (Å²) in [5.74, 6) is -0.237. The van der Waals surface area contributed by atoms with Gasteiger partial charge in [0.1, 0.15) is 0 Å². The van der Waals surface area contributed by atoms with Crippen LogP contribution in [-0.4, -0.2) is 5.91 Å². The fourth-order valence-corrected chi connectivity index (χ4v) is 1.96. The fourth-order valence-electron chi connectivity index (χ4n) is 1.96. The molecule has 2 nitrogen and oxygen atoms in total. The van der Waals surface area contributed by atoms with Crippen molar-refractivity contribution in [2.24, 2.45) is 5.92 Å². The van der Waals surface area contributed by atoms with Gasteiger partial charge < -0.3 is 5.32 Å². The minimum Gasteiger partial charge on any atom is -0.326 e. The van der Waals surface area contributed by atoms with E-state index < -0.39 is 0 Å². The first kappa shape index (κ1) is 18.4. The highest BCUT2D eigenvalue weighted by atomic mass is 16.1. The van der Waals surface area contributed by atoms with Crippen molar-refractivity contribution in [1.29, 1.82) is 0 Å². The zero-order valence-electron chi connectivity index (χ0n) is 14.2. The van der Waals surface area contributed by atoms with Gasteiger partial charge in [-0.2, -0.15) is 0 Å². The molecule has 0 spiro atoms. The monoisotopic (exact) mass is 307 g/mol. The summed E-state index contributed by atoms with van der Waals surface area (Å²) in [5, 5.41) is 2.91. The lowest BCUT2D eigenvalue weighted by Crippen LogP contribution is -2.18. The molecule has 23 heavy (non-hydrogen) atoms. The van der Waals surface area contributed by atoms with Gasteiger partial charge in [-0.05, 0) is 37.1 Å². The van der Waals surface area contributed by atoms with E-state index in [-0.39, 0.29) is 11.8 Å². The molecule has 0 aromatic heterocycles. The van der Waals surface area contributed by atoms with Crippen LogP contribution in [0, 0.1) is 12.8 Å². The van der Waals surface area contributed by atoms with Gasteiger partial charge in [-0.25, -0.2) is 0 Å². The molecule has 0 radical (unpaired) electrons. The van der Waals surface area contributed by atoms with Gasteiger partial charge in [-0.15, -0.1) is 13.2 Å². The molecule has 1 amide bonds. The molecule has 2 heteroatoms. The van der Waals surface area contributed by atoms with Gasteiger partial charge in [0.2, 0.25) is 5.91 Å². The lowest BCUT2D eigenvalue weighted by atomic mass is 10.0. The fraction of sp³-hybridized carbons (Fsp3) is 0.190. The highest BCUT2D eigenvalue weighted by Crippen LogP contribution is 2.23. The van der Waals surface area contributed by atoms with E-state index in [1.165, 1.54) is 5.56 Å². The lowest BCUT2D eigenvalue weighted by Gasteiger charge is -2.10. The highest BCUT2D eigenvalue weighted by molar-refractivity contribution is 5.94. The quantitative estimate of drug-likeness (QED) is 0.730. The summed E-state index contributed by atoms with van der Waals surface area (Å²) in [6.07, 6.45) is 3.39. The van der Waals surface area contributed by atoms with E-state index in [2.05, 4.69) is 43.6 Å². The molecule has 0 aliphatic carbocycles. The van der Waals surface area contributed by atoms with Crippen LogP contribution in [0.5, 0.6) is 0 Å². The Balaban J connectivity index is 0.000000816. The number of aryl methyl sites for hydroxylation is 1. The summed E-state index contributed by atoms with van der Waals surface area (Å²) in [7, 11) is 0. The van der Waals surface area contributed by atoms with Crippen LogP contribution in [0.25, 0.3) is 11.1 Å². The number of allylic oxidation sites excluding steroid dienone is 1. The summed E-state index contributed by atoms with van der Waals surface area (Å²) in [6.45, 7) is 12.8. The van der Waals surface area contributed by atoms with Crippen LogP contribution in [0.15, 0.2) is 73.8 Å². The summed E-state index contributed by atoms with van der Waals surface area (Å²) < 4.78 is 0. The molecule has 120 valence electrons. The Kier molecular flexibility index (Phi) is 7.55. The Bertz CT molecular complexity index is 673. The summed E-state index contributed by atoms with van der Waals surface area (Å²) in [6, 6.07) is 16.2. The molecule has 0 saturated heterocycles. The van der Waals surface area contributed by atoms with Crippen LogP contribution in [0.1, 0.15) is 19.4 Å². The third-order valence-corrected chi connectivity index (χ3v) is 3.25. The van der Waals surface area contributed by atoms with Gasteiger partial charge in [0.05, 0.1) is 5.92 Å². The average Bonchev–Trinajstić information content (AvgIpc) is 2.55. The standard InChI is InChI=1S/C18H19NO.C3H6/c1-4-14(3)18(20)19-17-10-6-9-16(12-17)15-8-5-7-13(2)11-15;1-3-2/h4-12,14H,1H2,2-3H3,(H,19,20);3H,1H2,2H3. The first-order valence-corrected chi connectivity index (χ1v) is 7.69. The van der Waals surface area contributed by atoms with Crippen LogP contribution >= 0.6 is 0 Å². The van der Waals surface area contributed by atoms with E-state index in [1.807, 2.05) is 44.2 Å². The normalized spacial score (nSPS) is 10.7. The zero-order chi connectivity index (χ0) is 17.2. The molecule has 2 rings (SSSR count). The first-order chi connectivity index (χ1) is 11.0. The summed E-state index contributed by atoms with van der Waals surface area (Å²) in [4.78, 5) is 11.9. The minimum atomic E-state index is -0.197. The van der Waals surface area contributed by atoms with Crippen molar-refractivity contribution in [3.8, 4) is 11.1 Å². The molecule has 0 heterocycles. The molecule has 2 aromatic rings. The minimum absolute atomic E-state index is 0.0404. The van der Waals surface area contributed by atoms with Crippen molar-refractivity contribution in [2.45, 2.75) is 20.8 Å². The first-order valence-electron chi connectivity index (χ1n) is 7.69. The molecule has 2 aromatic carbocycles. The molecule has 1 N–H and O–H groups in total. The van der Waals surface area contributed by atoms with E-state index in [0.717, 1.165) is 16.8 Å². The number of hydrogen-bond donors (Lipinski definition) is 1. The molecule has 0 aliphatic rings. The van der Waals surface area contributed by atoms with E-state index >= 15 is 0 Å². The van der Waals surface area contributed by atoms with Crippen molar-refractivity contribution in [3.63, 3.8) is 0 Å². The Hall–Kier alpha value is -2.61. The van der Waals surface area contributed by atoms with Crippen molar-refractivity contribution in [3.05, 3.63) is 79.4 Å². The van der Waals surface area contributed by atoms with E-state index in [9.17, 15) is 4.79 Å². The molecule has 1 atom stereocenters.